The number of aromatic nitrogens is 4. The maximum absolute atomic E-state index is 13.0. The largest absolute Gasteiger partial charge is 0.346 e. The Kier molecular flexibility index (Phi) is 4.85. The lowest BCUT2D eigenvalue weighted by Gasteiger charge is -2.27. The van der Waals surface area contributed by atoms with E-state index in [1.54, 1.807) is 17.4 Å². The fraction of sp³-hybridized carbons (Fsp3) is 0.182. The fourth-order valence-corrected chi connectivity index (χ4v) is 3.19. The summed E-state index contributed by atoms with van der Waals surface area (Å²) in [6.07, 6.45) is 7.10. The Bertz CT molecular complexity index is 1040. The average molecular weight is 371 g/mol. The zero-order valence-electron chi connectivity index (χ0n) is 15.9. The van der Waals surface area contributed by atoms with Crippen molar-refractivity contribution in [2.24, 2.45) is 0 Å². The number of amides is 1. The molecular weight excluding hydrogens is 350 g/mol. The van der Waals surface area contributed by atoms with Gasteiger partial charge in [0.2, 0.25) is 0 Å². The van der Waals surface area contributed by atoms with Crippen molar-refractivity contribution in [1.29, 1.82) is 0 Å². The van der Waals surface area contributed by atoms with E-state index in [1.807, 2.05) is 79.3 Å². The van der Waals surface area contributed by atoms with Gasteiger partial charge in [-0.2, -0.15) is 0 Å². The Morgan fingerprint density at radius 2 is 1.79 bits per heavy atom. The number of imidazole rings is 1. The third kappa shape index (κ3) is 3.62. The molecule has 0 saturated heterocycles. The molecule has 0 unspecified atom stereocenters. The molecule has 0 saturated carbocycles. The SMILES string of the molecule is CC(C)N(C(=O)c1ccc(Cn2ccc3ncnc-3c2)nc1)c1ccccc1. The second kappa shape index (κ2) is 7.60. The molecule has 1 amide bonds. The van der Waals surface area contributed by atoms with E-state index in [0.29, 0.717) is 12.1 Å². The van der Waals surface area contributed by atoms with Crippen molar-refractivity contribution in [2.75, 3.05) is 4.90 Å². The highest BCUT2D eigenvalue weighted by Gasteiger charge is 2.20. The predicted molar refractivity (Wildman–Crippen MR) is 108 cm³/mol. The third-order valence-electron chi connectivity index (χ3n) is 4.55. The van der Waals surface area contributed by atoms with Crippen molar-refractivity contribution in [1.82, 2.24) is 19.5 Å². The molecule has 1 aromatic heterocycles. The molecule has 0 fully saturated rings. The van der Waals surface area contributed by atoms with Crippen molar-refractivity contribution in [3.8, 4) is 11.4 Å². The topological polar surface area (TPSA) is 63.9 Å². The molecule has 6 heteroatoms. The number of nitrogens with zero attached hydrogens (tertiary/aromatic N) is 5. The summed E-state index contributed by atoms with van der Waals surface area (Å²) in [5.74, 6) is -0.0543. The Balaban J connectivity index is 1.53. The van der Waals surface area contributed by atoms with Crippen LogP contribution < -0.4 is 4.90 Å². The summed E-state index contributed by atoms with van der Waals surface area (Å²) < 4.78 is 2.01. The first kappa shape index (κ1) is 17.9. The normalized spacial score (nSPS) is 11.1. The minimum Gasteiger partial charge on any atom is -0.346 e. The Morgan fingerprint density at radius 1 is 1.00 bits per heavy atom. The first-order valence-corrected chi connectivity index (χ1v) is 9.22. The van der Waals surface area contributed by atoms with E-state index in [9.17, 15) is 4.79 Å². The number of para-hydroxylation sites is 1. The number of hydrogen-bond acceptors (Lipinski definition) is 4. The van der Waals surface area contributed by atoms with Crippen LogP contribution in [-0.4, -0.2) is 31.5 Å². The second-order valence-electron chi connectivity index (χ2n) is 6.90. The number of rotatable bonds is 5. The van der Waals surface area contributed by atoms with E-state index in [1.165, 1.54) is 0 Å². The molecule has 6 nitrogen and oxygen atoms in total. The molecule has 3 heterocycles. The van der Waals surface area contributed by atoms with Crippen LogP contribution in [0.1, 0.15) is 29.9 Å². The van der Waals surface area contributed by atoms with Crippen LogP contribution in [0.4, 0.5) is 5.69 Å². The van der Waals surface area contributed by atoms with Gasteiger partial charge in [-0.1, -0.05) is 18.2 Å². The molecule has 0 spiro atoms. The molecule has 1 aromatic carbocycles. The van der Waals surface area contributed by atoms with Crippen molar-refractivity contribution in [3.05, 3.63) is 84.7 Å². The molecule has 140 valence electrons. The monoisotopic (exact) mass is 371 g/mol. The fourth-order valence-electron chi connectivity index (χ4n) is 3.19. The first-order chi connectivity index (χ1) is 13.6. The molecule has 0 bridgehead atoms. The minimum atomic E-state index is -0.0543. The quantitative estimate of drug-likeness (QED) is 0.534. The molecule has 0 N–H and O–H groups in total. The Hall–Kier alpha value is -3.54. The van der Waals surface area contributed by atoms with Gasteiger partial charge in [-0.05, 0) is 44.2 Å². The molecule has 0 aliphatic carbocycles. The molecule has 0 atom stereocenters. The zero-order chi connectivity index (χ0) is 19.5. The number of pyridine rings is 2. The summed E-state index contributed by atoms with van der Waals surface area (Å²) in [4.78, 5) is 27.7. The first-order valence-electron chi connectivity index (χ1n) is 9.22. The van der Waals surface area contributed by atoms with Crippen LogP contribution >= 0.6 is 0 Å². The highest BCUT2D eigenvalue weighted by atomic mass is 16.2. The Labute approximate surface area is 163 Å². The third-order valence-corrected chi connectivity index (χ3v) is 4.55. The smallest absolute Gasteiger partial charge is 0.260 e. The number of carbonyl (C=O) groups excluding carboxylic acids is 1. The van der Waals surface area contributed by atoms with E-state index in [-0.39, 0.29) is 11.9 Å². The van der Waals surface area contributed by atoms with Gasteiger partial charge in [-0.3, -0.25) is 9.78 Å². The average Bonchev–Trinajstić information content (AvgIpc) is 3.17. The summed E-state index contributed by atoms with van der Waals surface area (Å²) in [6, 6.07) is 15.4. The van der Waals surface area contributed by atoms with Crippen LogP contribution in [-0.2, 0) is 6.54 Å². The number of hydrogen-bond donors (Lipinski definition) is 0. The lowest BCUT2D eigenvalue weighted by atomic mass is 10.1. The molecule has 4 rings (SSSR count). The van der Waals surface area contributed by atoms with Crippen molar-refractivity contribution >= 4 is 11.6 Å². The summed E-state index contributed by atoms with van der Waals surface area (Å²) in [7, 11) is 0. The van der Waals surface area contributed by atoms with E-state index in [2.05, 4.69) is 15.0 Å². The lowest BCUT2D eigenvalue weighted by molar-refractivity contribution is 0.0980. The lowest BCUT2D eigenvalue weighted by Crippen LogP contribution is -2.37. The van der Waals surface area contributed by atoms with Gasteiger partial charge in [0.15, 0.2) is 0 Å². The van der Waals surface area contributed by atoms with E-state index >= 15 is 0 Å². The summed E-state index contributed by atoms with van der Waals surface area (Å²) in [5, 5.41) is 0. The summed E-state index contributed by atoms with van der Waals surface area (Å²) in [5.41, 5.74) is 4.05. The number of anilines is 1. The second-order valence-corrected chi connectivity index (χ2v) is 6.90. The van der Waals surface area contributed by atoms with Crippen molar-refractivity contribution in [2.45, 2.75) is 26.4 Å². The van der Waals surface area contributed by atoms with Crippen LogP contribution in [0.25, 0.3) is 11.4 Å². The van der Waals surface area contributed by atoms with Gasteiger partial charge < -0.3 is 9.47 Å². The van der Waals surface area contributed by atoms with Gasteiger partial charge in [-0.25, -0.2) is 9.97 Å². The van der Waals surface area contributed by atoms with E-state index < -0.39 is 0 Å². The Morgan fingerprint density at radius 3 is 2.50 bits per heavy atom. The molecule has 2 aromatic rings. The highest BCUT2D eigenvalue weighted by Crippen LogP contribution is 2.20. The summed E-state index contributed by atoms with van der Waals surface area (Å²) >= 11 is 0. The number of carbonyl (C=O) groups is 1. The maximum Gasteiger partial charge on any atom is 0.260 e. The number of benzene rings is 1. The van der Waals surface area contributed by atoms with Gasteiger partial charge in [0, 0.05) is 30.3 Å². The van der Waals surface area contributed by atoms with Gasteiger partial charge in [0.1, 0.15) is 12.0 Å². The molecular formula is C22H21N5O. The predicted octanol–water partition coefficient (Wildman–Crippen LogP) is 3.88. The van der Waals surface area contributed by atoms with Crippen LogP contribution in [0.5, 0.6) is 0 Å². The van der Waals surface area contributed by atoms with E-state index in [0.717, 1.165) is 22.8 Å². The number of fused-ring (bicyclic) bond motifs is 1. The maximum atomic E-state index is 13.0. The van der Waals surface area contributed by atoms with Crippen LogP contribution in [0.2, 0.25) is 0 Å². The minimum absolute atomic E-state index is 0.0440. The van der Waals surface area contributed by atoms with Crippen molar-refractivity contribution in [3.63, 3.8) is 0 Å². The van der Waals surface area contributed by atoms with Gasteiger partial charge in [0.05, 0.1) is 23.5 Å². The van der Waals surface area contributed by atoms with Crippen LogP contribution in [0.3, 0.4) is 0 Å². The standard InChI is InChI=1S/C22H21N5O/c1-16(2)27(19-6-4-3-5-7-19)22(28)17-8-9-18(23-12-17)13-26-11-10-20-21(14-26)25-15-24-20/h3-12,14-16H,13H2,1-2H3. The van der Waals surface area contributed by atoms with Crippen LogP contribution in [0, 0.1) is 0 Å². The highest BCUT2D eigenvalue weighted by molar-refractivity contribution is 6.06. The molecule has 2 aliphatic rings. The van der Waals surface area contributed by atoms with Gasteiger partial charge in [0.25, 0.3) is 5.91 Å². The van der Waals surface area contributed by atoms with E-state index in [4.69, 9.17) is 0 Å². The summed E-state index contributed by atoms with van der Waals surface area (Å²) in [6.45, 7) is 4.61. The molecule has 0 radical (unpaired) electrons. The molecule has 28 heavy (non-hydrogen) atoms. The van der Waals surface area contributed by atoms with Gasteiger partial charge in [-0.15, -0.1) is 0 Å². The van der Waals surface area contributed by atoms with Gasteiger partial charge >= 0.3 is 0 Å². The van der Waals surface area contributed by atoms with Crippen LogP contribution in [0.15, 0.2) is 73.4 Å². The zero-order valence-corrected chi connectivity index (χ0v) is 15.9. The van der Waals surface area contributed by atoms with Crippen molar-refractivity contribution < 1.29 is 4.79 Å². The molecule has 2 aliphatic heterocycles.